The van der Waals surface area contributed by atoms with Crippen LogP contribution in [0.15, 0.2) is 77.7 Å². The fraction of sp³-hybridized carbons (Fsp3) is 0.174. The average molecular weight is 439 g/mol. The van der Waals surface area contributed by atoms with Gasteiger partial charge in [0.1, 0.15) is 11.5 Å². The SMILES string of the molecule is CC(C)Oc1ccc(S(=O)(=O)Nc2ccc3c(c2)NC(=O)C(c2ccccc2)O3)cc1. The maximum absolute atomic E-state index is 12.7. The predicted molar refractivity (Wildman–Crippen MR) is 118 cm³/mol. The number of amides is 1. The zero-order valence-electron chi connectivity index (χ0n) is 17.0. The number of nitrogens with one attached hydrogen (secondary N) is 2. The van der Waals surface area contributed by atoms with Crippen LogP contribution in [-0.2, 0) is 14.8 Å². The highest BCUT2D eigenvalue weighted by molar-refractivity contribution is 7.92. The van der Waals surface area contributed by atoms with Crippen molar-refractivity contribution in [2.45, 2.75) is 31.0 Å². The van der Waals surface area contributed by atoms with Crippen molar-refractivity contribution >= 4 is 27.3 Å². The summed E-state index contributed by atoms with van der Waals surface area (Å²) in [5, 5.41) is 2.78. The lowest BCUT2D eigenvalue weighted by molar-refractivity contribution is -0.123. The fourth-order valence-corrected chi connectivity index (χ4v) is 4.25. The molecule has 3 aromatic rings. The lowest BCUT2D eigenvalue weighted by Crippen LogP contribution is -2.30. The van der Waals surface area contributed by atoms with Crippen LogP contribution in [0.4, 0.5) is 11.4 Å². The van der Waals surface area contributed by atoms with Gasteiger partial charge >= 0.3 is 0 Å². The normalized spacial score (nSPS) is 15.6. The molecule has 4 rings (SSSR count). The molecule has 0 fully saturated rings. The molecule has 3 aromatic carbocycles. The van der Waals surface area contributed by atoms with Crippen molar-refractivity contribution in [2.24, 2.45) is 0 Å². The average Bonchev–Trinajstić information content (AvgIpc) is 2.73. The number of anilines is 2. The minimum atomic E-state index is -3.81. The van der Waals surface area contributed by atoms with Gasteiger partial charge in [0.05, 0.1) is 22.4 Å². The van der Waals surface area contributed by atoms with Crippen LogP contribution in [0, 0.1) is 0 Å². The van der Waals surface area contributed by atoms with Gasteiger partial charge in [0.15, 0.2) is 0 Å². The van der Waals surface area contributed by atoms with Crippen molar-refractivity contribution < 1.29 is 22.7 Å². The Morgan fingerprint density at radius 2 is 1.71 bits per heavy atom. The third kappa shape index (κ3) is 4.64. The summed E-state index contributed by atoms with van der Waals surface area (Å²) in [6.07, 6.45) is -0.766. The van der Waals surface area contributed by atoms with Crippen molar-refractivity contribution in [3.8, 4) is 11.5 Å². The Hall–Kier alpha value is -3.52. The second-order valence-corrected chi connectivity index (χ2v) is 9.03. The van der Waals surface area contributed by atoms with E-state index in [1.165, 1.54) is 18.2 Å². The lowest BCUT2D eigenvalue weighted by Gasteiger charge is -2.26. The second-order valence-electron chi connectivity index (χ2n) is 7.35. The number of rotatable bonds is 6. The van der Waals surface area contributed by atoms with Crippen molar-refractivity contribution in [3.63, 3.8) is 0 Å². The summed E-state index contributed by atoms with van der Waals surface area (Å²) in [6, 6.07) is 20.1. The second kappa shape index (κ2) is 8.31. The quantitative estimate of drug-likeness (QED) is 0.597. The van der Waals surface area contributed by atoms with E-state index >= 15 is 0 Å². The standard InChI is InChI=1S/C23H22N2O5S/c1-15(2)29-18-9-11-19(12-10-18)31(27,28)25-17-8-13-21-20(14-17)24-23(26)22(30-21)16-6-4-3-5-7-16/h3-15,22,25H,1-2H3,(H,24,26). The molecule has 1 unspecified atom stereocenters. The molecule has 8 heteroatoms. The molecule has 0 saturated heterocycles. The first-order valence-electron chi connectivity index (χ1n) is 9.78. The molecule has 0 saturated carbocycles. The molecule has 0 spiro atoms. The summed E-state index contributed by atoms with van der Waals surface area (Å²) in [7, 11) is -3.81. The van der Waals surface area contributed by atoms with E-state index in [0.717, 1.165) is 5.56 Å². The molecule has 1 aliphatic heterocycles. The summed E-state index contributed by atoms with van der Waals surface area (Å²) in [4.78, 5) is 12.6. The molecular formula is C23H22N2O5S. The maximum atomic E-state index is 12.7. The summed E-state index contributed by atoms with van der Waals surface area (Å²) in [6.45, 7) is 3.79. The molecule has 31 heavy (non-hydrogen) atoms. The highest BCUT2D eigenvalue weighted by atomic mass is 32.2. The van der Waals surface area contributed by atoms with Gasteiger partial charge in [0, 0.05) is 5.56 Å². The molecule has 0 bridgehead atoms. The molecule has 1 heterocycles. The Kier molecular flexibility index (Phi) is 5.56. The van der Waals surface area contributed by atoms with Crippen molar-refractivity contribution in [2.75, 3.05) is 10.0 Å². The van der Waals surface area contributed by atoms with Gasteiger partial charge < -0.3 is 14.8 Å². The van der Waals surface area contributed by atoms with Gasteiger partial charge in [-0.3, -0.25) is 9.52 Å². The minimum absolute atomic E-state index is 0.00463. The van der Waals surface area contributed by atoms with E-state index < -0.39 is 16.1 Å². The zero-order chi connectivity index (χ0) is 22.0. The lowest BCUT2D eigenvalue weighted by atomic mass is 10.1. The largest absolute Gasteiger partial charge is 0.491 e. The van der Waals surface area contributed by atoms with Gasteiger partial charge in [-0.05, 0) is 56.3 Å². The summed E-state index contributed by atoms with van der Waals surface area (Å²) in [5.74, 6) is 0.738. The Labute approximate surface area is 181 Å². The zero-order valence-corrected chi connectivity index (χ0v) is 17.8. The molecular weight excluding hydrogens is 416 g/mol. The van der Waals surface area contributed by atoms with Gasteiger partial charge in [-0.2, -0.15) is 0 Å². The van der Waals surface area contributed by atoms with E-state index in [2.05, 4.69) is 10.0 Å². The number of sulfonamides is 1. The van der Waals surface area contributed by atoms with Crippen molar-refractivity contribution in [1.82, 2.24) is 0 Å². The number of fused-ring (bicyclic) bond motifs is 1. The summed E-state index contributed by atoms with van der Waals surface area (Å²) in [5.41, 5.74) is 1.45. The van der Waals surface area contributed by atoms with Crippen molar-refractivity contribution in [3.05, 3.63) is 78.4 Å². The van der Waals surface area contributed by atoms with E-state index in [4.69, 9.17) is 9.47 Å². The molecule has 0 aliphatic carbocycles. The first-order chi connectivity index (χ1) is 14.8. The summed E-state index contributed by atoms with van der Waals surface area (Å²) < 4.78 is 39.4. The highest BCUT2D eigenvalue weighted by Crippen LogP contribution is 2.37. The van der Waals surface area contributed by atoms with Gasteiger partial charge in [-0.15, -0.1) is 0 Å². The van der Waals surface area contributed by atoms with E-state index in [1.807, 2.05) is 44.2 Å². The molecule has 2 N–H and O–H groups in total. The fourth-order valence-electron chi connectivity index (χ4n) is 3.20. The van der Waals surface area contributed by atoms with Crippen LogP contribution >= 0.6 is 0 Å². The number of carbonyl (C=O) groups excluding carboxylic acids is 1. The number of hydrogen-bond acceptors (Lipinski definition) is 5. The van der Waals surface area contributed by atoms with Crippen LogP contribution in [-0.4, -0.2) is 20.4 Å². The van der Waals surface area contributed by atoms with Crippen molar-refractivity contribution in [1.29, 1.82) is 0 Å². The van der Waals surface area contributed by atoms with E-state index in [1.54, 1.807) is 24.3 Å². The molecule has 1 amide bonds. The van der Waals surface area contributed by atoms with Crippen LogP contribution in [0.3, 0.4) is 0 Å². The molecule has 1 aliphatic rings. The van der Waals surface area contributed by atoms with E-state index in [9.17, 15) is 13.2 Å². The Bertz CT molecular complexity index is 1190. The first-order valence-corrected chi connectivity index (χ1v) is 11.3. The smallest absolute Gasteiger partial charge is 0.270 e. The molecule has 0 aromatic heterocycles. The number of hydrogen-bond donors (Lipinski definition) is 2. The Morgan fingerprint density at radius 3 is 2.39 bits per heavy atom. The van der Waals surface area contributed by atoms with Crippen LogP contribution < -0.4 is 19.5 Å². The maximum Gasteiger partial charge on any atom is 0.270 e. The topological polar surface area (TPSA) is 93.7 Å². The van der Waals surface area contributed by atoms with Crippen LogP contribution in [0.2, 0.25) is 0 Å². The monoisotopic (exact) mass is 438 g/mol. The Balaban J connectivity index is 1.52. The number of ether oxygens (including phenoxy) is 2. The number of benzene rings is 3. The summed E-state index contributed by atoms with van der Waals surface area (Å²) >= 11 is 0. The highest BCUT2D eigenvalue weighted by Gasteiger charge is 2.29. The van der Waals surface area contributed by atoms with E-state index in [-0.39, 0.29) is 16.9 Å². The molecule has 7 nitrogen and oxygen atoms in total. The minimum Gasteiger partial charge on any atom is -0.491 e. The molecule has 1 atom stereocenters. The first kappa shape index (κ1) is 20.7. The van der Waals surface area contributed by atoms with Gasteiger partial charge in [0.25, 0.3) is 15.9 Å². The van der Waals surface area contributed by atoms with E-state index in [0.29, 0.717) is 22.9 Å². The molecule has 0 radical (unpaired) electrons. The van der Waals surface area contributed by atoms with Gasteiger partial charge in [-0.1, -0.05) is 30.3 Å². The van der Waals surface area contributed by atoms with Crippen LogP contribution in [0.1, 0.15) is 25.5 Å². The third-order valence-electron chi connectivity index (χ3n) is 4.58. The van der Waals surface area contributed by atoms with Gasteiger partial charge in [0.2, 0.25) is 6.10 Å². The van der Waals surface area contributed by atoms with Crippen LogP contribution in [0.25, 0.3) is 0 Å². The van der Waals surface area contributed by atoms with Gasteiger partial charge in [-0.25, -0.2) is 8.42 Å². The Morgan fingerprint density at radius 1 is 1.00 bits per heavy atom. The number of carbonyl (C=O) groups is 1. The third-order valence-corrected chi connectivity index (χ3v) is 5.98. The predicted octanol–water partition coefficient (Wildman–Crippen LogP) is 4.35. The van der Waals surface area contributed by atoms with Crippen LogP contribution in [0.5, 0.6) is 11.5 Å². The molecule has 160 valence electrons.